The topological polar surface area (TPSA) is 46.6 Å². The van der Waals surface area contributed by atoms with Gasteiger partial charge in [0.1, 0.15) is 5.75 Å². The molecule has 0 radical (unpaired) electrons. The Morgan fingerprint density at radius 1 is 0.885 bits per heavy atom. The molecule has 3 fully saturated rings. The molecular weight excluding hydrogens is 326 g/mol. The average Bonchev–Trinajstić information content (AvgIpc) is 3.34. The molecule has 5 atom stereocenters. The Morgan fingerprint density at radius 2 is 1.58 bits per heavy atom. The predicted molar refractivity (Wildman–Crippen MR) is 97.9 cm³/mol. The van der Waals surface area contributed by atoms with Gasteiger partial charge >= 0.3 is 0 Å². The lowest BCUT2D eigenvalue weighted by Gasteiger charge is -2.28. The zero-order chi connectivity index (χ0) is 17.8. The Hall–Kier alpha value is -2.62. The van der Waals surface area contributed by atoms with Crippen molar-refractivity contribution in [2.24, 2.45) is 23.7 Å². The number of amides is 2. The Morgan fingerprint density at radius 3 is 2.35 bits per heavy atom. The van der Waals surface area contributed by atoms with Gasteiger partial charge in [0.25, 0.3) is 0 Å². The van der Waals surface area contributed by atoms with Gasteiger partial charge < -0.3 is 4.74 Å². The van der Waals surface area contributed by atoms with Crippen LogP contribution in [0.4, 0.5) is 5.69 Å². The van der Waals surface area contributed by atoms with Gasteiger partial charge in [-0.05, 0) is 48.3 Å². The van der Waals surface area contributed by atoms with E-state index in [-0.39, 0.29) is 29.6 Å². The molecule has 3 aliphatic rings. The lowest BCUT2D eigenvalue weighted by atomic mass is 9.73. The summed E-state index contributed by atoms with van der Waals surface area (Å²) in [5, 5.41) is 0. The van der Waals surface area contributed by atoms with Crippen LogP contribution in [0.1, 0.15) is 24.3 Å². The van der Waals surface area contributed by atoms with E-state index in [1.165, 1.54) is 10.5 Å². The van der Waals surface area contributed by atoms with Gasteiger partial charge in [-0.15, -0.1) is 0 Å². The molecule has 1 saturated heterocycles. The van der Waals surface area contributed by atoms with Crippen molar-refractivity contribution < 1.29 is 14.3 Å². The van der Waals surface area contributed by atoms with Crippen molar-refractivity contribution in [1.29, 1.82) is 0 Å². The monoisotopic (exact) mass is 347 g/mol. The standard InChI is InChI=1S/C22H21NO3/c1-26-18-10-6-5-9-17(18)23-21(24)19-14-11-15(13-7-3-2-4-8-13)16(12-14)20(19)22(23)25/h2-10,14-16,19-20H,11-12H2,1H3/t14-,15+,16-,19-,20+/m1/s1. The summed E-state index contributed by atoms with van der Waals surface area (Å²) >= 11 is 0. The molecule has 1 heterocycles. The van der Waals surface area contributed by atoms with Gasteiger partial charge in [-0.3, -0.25) is 9.59 Å². The summed E-state index contributed by atoms with van der Waals surface area (Å²) < 4.78 is 5.39. The first-order valence-corrected chi connectivity index (χ1v) is 9.26. The Bertz CT molecular complexity index is 878. The molecule has 1 aliphatic heterocycles. The summed E-state index contributed by atoms with van der Waals surface area (Å²) in [6.07, 6.45) is 2.00. The van der Waals surface area contributed by atoms with Gasteiger partial charge in [0, 0.05) is 0 Å². The number of para-hydroxylation sites is 2. The number of carbonyl (C=O) groups excluding carboxylic acids is 2. The van der Waals surface area contributed by atoms with Crippen molar-refractivity contribution in [3.63, 3.8) is 0 Å². The van der Waals surface area contributed by atoms with E-state index in [2.05, 4.69) is 24.3 Å². The van der Waals surface area contributed by atoms with E-state index >= 15 is 0 Å². The number of fused-ring (bicyclic) bond motifs is 5. The highest BCUT2D eigenvalue weighted by atomic mass is 16.5. The molecule has 4 heteroatoms. The number of ether oxygens (including phenoxy) is 1. The van der Waals surface area contributed by atoms with E-state index in [1.807, 2.05) is 18.2 Å². The van der Waals surface area contributed by atoms with Gasteiger partial charge in [-0.1, -0.05) is 42.5 Å². The first-order valence-electron chi connectivity index (χ1n) is 9.26. The zero-order valence-corrected chi connectivity index (χ0v) is 14.7. The number of hydrogen-bond acceptors (Lipinski definition) is 3. The van der Waals surface area contributed by atoms with Crippen molar-refractivity contribution in [3.05, 3.63) is 60.2 Å². The van der Waals surface area contributed by atoms with Gasteiger partial charge in [0.15, 0.2) is 0 Å². The van der Waals surface area contributed by atoms with Gasteiger partial charge in [0.2, 0.25) is 11.8 Å². The molecular formula is C22H21NO3. The minimum atomic E-state index is -0.184. The van der Waals surface area contributed by atoms with Crippen LogP contribution in [0, 0.1) is 23.7 Å². The summed E-state index contributed by atoms with van der Waals surface area (Å²) in [7, 11) is 1.57. The SMILES string of the molecule is COc1ccccc1N1C(=O)[C@@H]2[C@H]3C[C@@H]([C@@H]2C1=O)[C@H](c1ccccc1)C3. The molecule has 2 aromatic carbocycles. The van der Waals surface area contributed by atoms with Crippen LogP contribution < -0.4 is 9.64 Å². The van der Waals surface area contributed by atoms with Crippen LogP contribution in [-0.2, 0) is 9.59 Å². The van der Waals surface area contributed by atoms with Crippen molar-refractivity contribution in [3.8, 4) is 5.75 Å². The molecule has 2 bridgehead atoms. The molecule has 0 unspecified atom stereocenters. The second kappa shape index (κ2) is 5.70. The minimum Gasteiger partial charge on any atom is -0.495 e. The third-order valence-electron chi connectivity index (χ3n) is 6.57. The van der Waals surface area contributed by atoms with Crippen LogP contribution in [0.15, 0.2) is 54.6 Å². The molecule has 2 aromatic rings. The maximum Gasteiger partial charge on any atom is 0.238 e. The number of hydrogen-bond donors (Lipinski definition) is 0. The second-order valence-electron chi connectivity index (χ2n) is 7.65. The number of imide groups is 1. The molecule has 132 valence electrons. The third-order valence-corrected chi connectivity index (χ3v) is 6.57. The molecule has 2 aliphatic carbocycles. The van der Waals surface area contributed by atoms with E-state index in [0.29, 0.717) is 23.3 Å². The first-order chi connectivity index (χ1) is 12.7. The molecule has 26 heavy (non-hydrogen) atoms. The van der Waals surface area contributed by atoms with Gasteiger partial charge in [0.05, 0.1) is 24.6 Å². The fraction of sp³-hybridized carbons (Fsp3) is 0.364. The van der Waals surface area contributed by atoms with Gasteiger partial charge in [-0.25, -0.2) is 4.90 Å². The Kier molecular flexibility index (Phi) is 3.42. The first kappa shape index (κ1) is 15.6. The summed E-state index contributed by atoms with van der Waals surface area (Å²) in [6.45, 7) is 0. The maximum atomic E-state index is 13.3. The van der Waals surface area contributed by atoms with Crippen molar-refractivity contribution in [1.82, 2.24) is 0 Å². The van der Waals surface area contributed by atoms with E-state index in [4.69, 9.17) is 4.74 Å². The molecule has 2 amide bonds. The summed E-state index contributed by atoms with van der Waals surface area (Å²) in [5.74, 6) is 1.11. The van der Waals surface area contributed by atoms with Crippen LogP contribution in [0.2, 0.25) is 0 Å². The second-order valence-corrected chi connectivity index (χ2v) is 7.65. The highest BCUT2D eigenvalue weighted by Gasteiger charge is 2.64. The minimum absolute atomic E-state index is 0.0384. The van der Waals surface area contributed by atoms with Crippen molar-refractivity contribution in [2.75, 3.05) is 12.0 Å². The molecule has 0 N–H and O–H groups in total. The Balaban J connectivity index is 1.51. The van der Waals surface area contributed by atoms with Crippen LogP contribution in [0.25, 0.3) is 0 Å². The molecule has 0 aromatic heterocycles. The van der Waals surface area contributed by atoms with E-state index in [0.717, 1.165) is 12.8 Å². The number of rotatable bonds is 3. The molecule has 0 spiro atoms. The highest BCUT2D eigenvalue weighted by molar-refractivity contribution is 6.23. The van der Waals surface area contributed by atoms with Crippen molar-refractivity contribution >= 4 is 17.5 Å². The summed E-state index contributed by atoms with van der Waals surface area (Å²) in [6, 6.07) is 17.7. The number of anilines is 1. The molecule has 5 rings (SSSR count). The molecule has 2 saturated carbocycles. The smallest absolute Gasteiger partial charge is 0.238 e. The van der Waals surface area contributed by atoms with E-state index < -0.39 is 0 Å². The van der Waals surface area contributed by atoms with E-state index in [9.17, 15) is 9.59 Å². The number of nitrogens with zero attached hydrogens (tertiary/aromatic N) is 1. The lowest BCUT2D eigenvalue weighted by Crippen LogP contribution is -2.33. The largest absolute Gasteiger partial charge is 0.495 e. The number of methoxy groups -OCH3 is 1. The van der Waals surface area contributed by atoms with Crippen LogP contribution in [-0.4, -0.2) is 18.9 Å². The third kappa shape index (κ3) is 2.02. The fourth-order valence-corrected chi connectivity index (χ4v) is 5.59. The zero-order valence-electron chi connectivity index (χ0n) is 14.7. The summed E-state index contributed by atoms with van der Waals surface area (Å²) in [5.41, 5.74) is 1.88. The van der Waals surface area contributed by atoms with Crippen LogP contribution >= 0.6 is 0 Å². The van der Waals surface area contributed by atoms with E-state index in [1.54, 1.807) is 19.2 Å². The highest BCUT2D eigenvalue weighted by Crippen LogP contribution is 2.62. The quantitative estimate of drug-likeness (QED) is 0.797. The van der Waals surface area contributed by atoms with Gasteiger partial charge in [-0.2, -0.15) is 0 Å². The Labute approximate surface area is 152 Å². The van der Waals surface area contributed by atoms with Crippen LogP contribution in [0.3, 0.4) is 0 Å². The lowest BCUT2D eigenvalue weighted by molar-refractivity contribution is -0.123. The fourth-order valence-electron chi connectivity index (χ4n) is 5.59. The van der Waals surface area contributed by atoms with Crippen molar-refractivity contribution in [2.45, 2.75) is 18.8 Å². The average molecular weight is 347 g/mol. The number of carbonyl (C=O) groups is 2. The normalized spacial score (nSPS) is 32.2. The predicted octanol–water partition coefficient (Wildman–Crippen LogP) is 3.62. The summed E-state index contributed by atoms with van der Waals surface area (Å²) in [4.78, 5) is 27.8. The maximum absolute atomic E-state index is 13.3. The number of benzene rings is 2. The van der Waals surface area contributed by atoms with Crippen LogP contribution in [0.5, 0.6) is 5.75 Å². The molecule has 4 nitrogen and oxygen atoms in total.